The van der Waals surface area contributed by atoms with Crippen LogP contribution >= 0.6 is 0 Å². The third-order valence-electron chi connectivity index (χ3n) is 6.52. The first kappa shape index (κ1) is 21.6. The van der Waals surface area contributed by atoms with Gasteiger partial charge < -0.3 is 18.9 Å². The first-order chi connectivity index (χ1) is 14.8. The molecule has 0 radical (unpaired) electrons. The summed E-state index contributed by atoms with van der Waals surface area (Å²) in [7, 11) is 0. The standard InChI is InChI=1S/C25H30O6/c1-6-28-24(27)17(5)23(30-22-15(3)11-14(2)12-16(22)4)21-18-7-8-19-13-20(26)31-25(19,21)29-10-9-18/h8,11-12,18,21,23H,5-7,9-10,13H2,1-4H3/t18?,21-,23?,25?/m1/s1. The van der Waals surface area contributed by atoms with E-state index in [0.29, 0.717) is 12.4 Å². The summed E-state index contributed by atoms with van der Waals surface area (Å²) in [6.45, 7) is 12.6. The predicted octanol–water partition coefficient (Wildman–Crippen LogP) is 4.10. The zero-order valence-corrected chi connectivity index (χ0v) is 18.7. The maximum Gasteiger partial charge on any atom is 0.337 e. The number of esters is 2. The van der Waals surface area contributed by atoms with E-state index >= 15 is 0 Å². The lowest BCUT2D eigenvalue weighted by Gasteiger charge is -2.50. The lowest BCUT2D eigenvalue weighted by Crippen LogP contribution is -2.58. The highest BCUT2D eigenvalue weighted by Gasteiger charge is 2.62. The highest BCUT2D eigenvalue weighted by Crippen LogP contribution is 2.54. The number of fused-ring (bicyclic) bond motifs is 1. The molecule has 6 heteroatoms. The Labute approximate surface area is 183 Å². The number of aryl methyl sites for hydroxylation is 3. The summed E-state index contributed by atoms with van der Waals surface area (Å²) in [5.74, 6) is -1.58. The number of carbonyl (C=O) groups is 2. The van der Waals surface area contributed by atoms with Gasteiger partial charge in [-0.2, -0.15) is 0 Å². The van der Waals surface area contributed by atoms with E-state index in [2.05, 4.69) is 12.7 Å². The number of rotatable bonds is 6. The van der Waals surface area contributed by atoms with Crippen molar-refractivity contribution in [3.63, 3.8) is 0 Å². The molecule has 1 spiro atoms. The Balaban J connectivity index is 1.80. The van der Waals surface area contributed by atoms with Crippen LogP contribution < -0.4 is 4.74 Å². The molecule has 0 saturated carbocycles. The van der Waals surface area contributed by atoms with E-state index in [-0.39, 0.29) is 36.4 Å². The number of hydrogen-bond acceptors (Lipinski definition) is 6. The van der Waals surface area contributed by atoms with Crippen LogP contribution in [0.1, 0.15) is 42.9 Å². The van der Waals surface area contributed by atoms with Crippen molar-refractivity contribution in [1.29, 1.82) is 0 Å². The molecule has 1 aliphatic carbocycles. The van der Waals surface area contributed by atoms with E-state index < -0.39 is 17.9 Å². The second-order valence-corrected chi connectivity index (χ2v) is 8.72. The van der Waals surface area contributed by atoms with Crippen molar-refractivity contribution in [3.8, 4) is 5.75 Å². The zero-order chi connectivity index (χ0) is 22.3. The molecule has 3 aliphatic rings. The molecule has 4 rings (SSSR count). The normalized spacial score (nSPS) is 27.6. The van der Waals surface area contributed by atoms with Crippen molar-refractivity contribution in [2.75, 3.05) is 13.2 Å². The third kappa shape index (κ3) is 3.67. The summed E-state index contributed by atoms with van der Waals surface area (Å²) < 4.78 is 23.8. The summed E-state index contributed by atoms with van der Waals surface area (Å²) >= 11 is 0. The minimum Gasteiger partial charge on any atom is -0.484 e. The van der Waals surface area contributed by atoms with Gasteiger partial charge in [0, 0.05) is 5.57 Å². The predicted molar refractivity (Wildman–Crippen MR) is 115 cm³/mol. The second kappa shape index (κ2) is 8.15. The molecule has 2 fully saturated rings. The smallest absolute Gasteiger partial charge is 0.337 e. The van der Waals surface area contributed by atoms with Crippen LogP contribution in [0.2, 0.25) is 0 Å². The Kier molecular flexibility index (Phi) is 5.69. The van der Waals surface area contributed by atoms with Crippen LogP contribution in [0.4, 0.5) is 0 Å². The largest absolute Gasteiger partial charge is 0.484 e. The first-order valence-electron chi connectivity index (χ1n) is 10.9. The van der Waals surface area contributed by atoms with Gasteiger partial charge in [0.25, 0.3) is 0 Å². The molecule has 2 saturated heterocycles. The van der Waals surface area contributed by atoms with Crippen LogP contribution in [-0.2, 0) is 23.8 Å². The van der Waals surface area contributed by atoms with Crippen LogP contribution in [0.3, 0.4) is 0 Å². The van der Waals surface area contributed by atoms with Crippen LogP contribution in [0.25, 0.3) is 0 Å². The van der Waals surface area contributed by atoms with Crippen molar-refractivity contribution in [3.05, 3.63) is 52.6 Å². The fourth-order valence-corrected chi connectivity index (χ4v) is 5.30. The molecule has 166 valence electrons. The van der Waals surface area contributed by atoms with Gasteiger partial charge in [0.15, 0.2) is 0 Å². The lowest BCUT2D eigenvalue weighted by atomic mass is 9.68. The Hall–Kier alpha value is -2.60. The quantitative estimate of drug-likeness (QED) is 0.387. The Morgan fingerprint density at radius 1 is 1.29 bits per heavy atom. The minimum atomic E-state index is -1.20. The number of allylic oxidation sites excluding steroid dienone is 1. The summed E-state index contributed by atoms with van der Waals surface area (Å²) in [5, 5.41) is 0. The Bertz CT molecular complexity index is 938. The summed E-state index contributed by atoms with van der Waals surface area (Å²) in [6, 6.07) is 4.09. The summed E-state index contributed by atoms with van der Waals surface area (Å²) in [4.78, 5) is 25.0. The molecule has 1 aromatic rings. The maximum atomic E-state index is 12.8. The number of hydrogen-bond donors (Lipinski definition) is 0. The van der Waals surface area contributed by atoms with Gasteiger partial charge in [-0.1, -0.05) is 30.4 Å². The molecule has 0 amide bonds. The number of benzene rings is 1. The number of ether oxygens (including phenoxy) is 4. The second-order valence-electron chi connectivity index (χ2n) is 8.72. The summed E-state index contributed by atoms with van der Waals surface area (Å²) in [5.41, 5.74) is 4.11. The molecule has 4 atom stereocenters. The molecule has 0 N–H and O–H groups in total. The number of carbonyl (C=O) groups excluding carboxylic acids is 2. The Morgan fingerprint density at radius 3 is 2.68 bits per heavy atom. The van der Waals surface area contributed by atoms with Crippen molar-refractivity contribution >= 4 is 11.9 Å². The van der Waals surface area contributed by atoms with Crippen LogP contribution in [0, 0.1) is 32.6 Å². The van der Waals surface area contributed by atoms with Crippen molar-refractivity contribution in [2.45, 2.75) is 58.8 Å². The van der Waals surface area contributed by atoms with E-state index in [9.17, 15) is 9.59 Å². The third-order valence-corrected chi connectivity index (χ3v) is 6.52. The topological polar surface area (TPSA) is 71.1 Å². The van der Waals surface area contributed by atoms with Gasteiger partial charge in [0.2, 0.25) is 5.79 Å². The van der Waals surface area contributed by atoms with Gasteiger partial charge in [-0.25, -0.2) is 4.79 Å². The highest BCUT2D eigenvalue weighted by molar-refractivity contribution is 5.89. The van der Waals surface area contributed by atoms with Crippen molar-refractivity contribution < 1.29 is 28.5 Å². The maximum absolute atomic E-state index is 12.8. The van der Waals surface area contributed by atoms with Gasteiger partial charge >= 0.3 is 11.9 Å². The fraction of sp³-hybridized carbons (Fsp3) is 0.520. The molecule has 2 bridgehead atoms. The van der Waals surface area contributed by atoms with E-state index in [1.165, 1.54) is 0 Å². The fourth-order valence-electron chi connectivity index (χ4n) is 5.30. The molecule has 2 aliphatic heterocycles. The van der Waals surface area contributed by atoms with Crippen LogP contribution in [-0.4, -0.2) is 37.0 Å². The van der Waals surface area contributed by atoms with E-state index in [1.54, 1.807) is 6.92 Å². The highest BCUT2D eigenvalue weighted by atomic mass is 16.7. The van der Waals surface area contributed by atoms with E-state index in [0.717, 1.165) is 35.1 Å². The minimum absolute atomic E-state index is 0.130. The van der Waals surface area contributed by atoms with Gasteiger partial charge in [0.1, 0.15) is 11.9 Å². The monoisotopic (exact) mass is 426 g/mol. The zero-order valence-electron chi connectivity index (χ0n) is 18.7. The lowest BCUT2D eigenvalue weighted by molar-refractivity contribution is -0.263. The molecular formula is C25H30O6. The van der Waals surface area contributed by atoms with Gasteiger partial charge in [-0.05, 0) is 57.6 Å². The molecule has 6 nitrogen and oxygen atoms in total. The molecule has 0 aromatic heterocycles. The van der Waals surface area contributed by atoms with E-state index in [4.69, 9.17) is 18.9 Å². The van der Waals surface area contributed by atoms with Crippen LogP contribution in [0.15, 0.2) is 35.9 Å². The molecular weight excluding hydrogens is 396 g/mol. The average Bonchev–Trinajstić information content (AvgIpc) is 3.01. The van der Waals surface area contributed by atoms with Crippen molar-refractivity contribution in [2.24, 2.45) is 11.8 Å². The average molecular weight is 427 g/mol. The van der Waals surface area contributed by atoms with Gasteiger partial charge in [-0.15, -0.1) is 0 Å². The molecule has 3 unspecified atom stereocenters. The summed E-state index contributed by atoms with van der Waals surface area (Å²) in [6.07, 6.45) is 3.07. The molecule has 31 heavy (non-hydrogen) atoms. The van der Waals surface area contributed by atoms with E-state index in [1.807, 2.05) is 32.9 Å². The first-order valence-corrected chi connectivity index (χ1v) is 10.9. The van der Waals surface area contributed by atoms with Gasteiger partial charge in [0.05, 0.1) is 31.1 Å². The molecule has 2 heterocycles. The molecule has 1 aromatic carbocycles. The van der Waals surface area contributed by atoms with Gasteiger partial charge in [-0.3, -0.25) is 4.79 Å². The SMILES string of the molecule is C=C(C(=O)OCC)C(Oc1c(C)cc(C)cc1C)[C@H]1C2CC=C3CC(=O)OC31OCC2. The Morgan fingerprint density at radius 2 is 2.00 bits per heavy atom. The van der Waals surface area contributed by atoms with Crippen LogP contribution in [0.5, 0.6) is 5.75 Å². The van der Waals surface area contributed by atoms with Crippen molar-refractivity contribution in [1.82, 2.24) is 0 Å².